The van der Waals surface area contributed by atoms with Gasteiger partial charge in [-0.15, -0.1) is 0 Å². The molecule has 2 rings (SSSR count). The van der Waals surface area contributed by atoms with Crippen molar-refractivity contribution in [1.29, 1.82) is 0 Å². The first kappa shape index (κ1) is 9.57. The Morgan fingerprint density at radius 2 is 2.00 bits per heavy atom. The van der Waals surface area contributed by atoms with Crippen LogP contribution in [-0.4, -0.2) is 5.54 Å². The molecule has 0 amide bonds. The molecule has 0 bridgehead atoms. The van der Waals surface area contributed by atoms with E-state index in [0.29, 0.717) is 5.92 Å². The van der Waals surface area contributed by atoms with Gasteiger partial charge in [-0.1, -0.05) is 25.1 Å². The minimum atomic E-state index is 0.237. The summed E-state index contributed by atoms with van der Waals surface area (Å²) in [7, 11) is 0. The SMILES string of the molecule is CC1CCC(C)(C)Nc2ccccc21. The topological polar surface area (TPSA) is 12.0 Å². The van der Waals surface area contributed by atoms with Crippen molar-refractivity contribution in [2.75, 3.05) is 5.32 Å². The van der Waals surface area contributed by atoms with E-state index < -0.39 is 0 Å². The van der Waals surface area contributed by atoms with Gasteiger partial charge >= 0.3 is 0 Å². The smallest absolute Gasteiger partial charge is 0.0379 e. The molecule has 1 nitrogen and oxygen atoms in total. The fraction of sp³-hybridized carbons (Fsp3) is 0.538. The van der Waals surface area contributed by atoms with Crippen LogP contribution in [0.3, 0.4) is 0 Å². The average Bonchev–Trinajstić information content (AvgIpc) is 2.25. The summed E-state index contributed by atoms with van der Waals surface area (Å²) in [6.07, 6.45) is 2.51. The molecule has 14 heavy (non-hydrogen) atoms. The molecule has 76 valence electrons. The van der Waals surface area contributed by atoms with E-state index in [4.69, 9.17) is 0 Å². The zero-order valence-electron chi connectivity index (χ0n) is 9.30. The molecule has 1 atom stereocenters. The maximum atomic E-state index is 3.63. The van der Waals surface area contributed by atoms with Crippen molar-refractivity contribution in [2.24, 2.45) is 0 Å². The second-order valence-electron chi connectivity index (χ2n) is 5.04. The molecule has 1 aromatic carbocycles. The fourth-order valence-corrected chi connectivity index (χ4v) is 2.20. The fourth-order valence-electron chi connectivity index (χ4n) is 2.20. The van der Waals surface area contributed by atoms with Crippen LogP contribution in [0.15, 0.2) is 24.3 Å². The summed E-state index contributed by atoms with van der Waals surface area (Å²) in [6, 6.07) is 8.68. The molecule has 0 saturated heterocycles. The predicted molar refractivity (Wildman–Crippen MR) is 61.8 cm³/mol. The Morgan fingerprint density at radius 3 is 2.79 bits per heavy atom. The van der Waals surface area contributed by atoms with Gasteiger partial charge in [-0.2, -0.15) is 0 Å². The lowest BCUT2D eigenvalue weighted by Crippen LogP contribution is -2.29. The van der Waals surface area contributed by atoms with Crippen molar-refractivity contribution in [1.82, 2.24) is 0 Å². The highest BCUT2D eigenvalue weighted by atomic mass is 15.0. The summed E-state index contributed by atoms with van der Waals surface area (Å²) in [6.45, 7) is 6.88. The highest BCUT2D eigenvalue weighted by molar-refractivity contribution is 5.55. The van der Waals surface area contributed by atoms with Gasteiger partial charge in [0.2, 0.25) is 0 Å². The van der Waals surface area contributed by atoms with Crippen LogP contribution in [0.1, 0.15) is 45.1 Å². The van der Waals surface area contributed by atoms with E-state index in [-0.39, 0.29) is 5.54 Å². The van der Waals surface area contributed by atoms with E-state index in [1.54, 1.807) is 0 Å². The standard InChI is InChI=1S/C13H19N/c1-10-8-9-13(2,3)14-12-7-5-4-6-11(10)12/h4-7,10,14H,8-9H2,1-3H3. The van der Waals surface area contributed by atoms with Crippen LogP contribution < -0.4 is 5.32 Å². The van der Waals surface area contributed by atoms with E-state index in [9.17, 15) is 0 Å². The molecule has 1 heterocycles. The second-order valence-corrected chi connectivity index (χ2v) is 5.04. The summed E-state index contributed by atoms with van der Waals surface area (Å²) in [5, 5.41) is 3.63. The van der Waals surface area contributed by atoms with Crippen LogP contribution in [0, 0.1) is 0 Å². The van der Waals surface area contributed by atoms with Crippen molar-refractivity contribution in [3.8, 4) is 0 Å². The minimum absolute atomic E-state index is 0.237. The van der Waals surface area contributed by atoms with Crippen LogP contribution in [0.2, 0.25) is 0 Å². The molecular formula is C13H19N. The van der Waals surface area contributed by atoms with E-state index in [1.165, 1.54) is 24.1 Å². The Balaban J connectivity index is 2.41. The summed E-state index contributed by atoms with van der Waals surface area (Å²) in [4.78, 5) is 0. The molecule has 1 N–H and O–H groups in total. The zero-order chi connectivity index (χ0) is 10.2. The molecule has 0 aromatic heterocycles. The third-order valence-electron chi connectivity index (χ3n) is 3.17. The van der Waals surface area contributed by atoms with E-state index in [1.807, 2.05) is 0 Å². The van der Waals surface area contributed by atoms with Crippen LogP contribution in [-0.2, 0) is 0 Å². The molecule has 1 aromatic rings. The number of anilines is 1. The van der Waals surface area contributed by atoms with Gasteiger partial charge in [0.25, 0.3) is 0 Å². The second kappa shape index (κ2) is 3.30. The Labute approximate surface area is 86.5 Å². The first-order valence-electron chi connectivity index (χ1n) is 5.46. The van der Waals surface area contributed by atoms with Gasteiger partial charge in [0, 0.05) is 11.2 Å². The monoisotopic (exact) mass is 189 g/mol. The Hall–Kier alpha value is -0.980. The number of nitrogens with one attached hydrogen (secondary N) is 1. The Morgan fingerprint density at radius 1 is 1.29 bits per heavy atom. The third-order valence-corrected chi connectivity index (χ3v) is 3.17. The van der Waals surface area contributed by atoms with Gasteiger partial charge in [0.15, 0.2) is 0 Å². The van der Waals surface area contributed by atoms with Crippen molar-refractivity contribution in [3.63, 3.8) is 0 Å². The highest BCUT2D eigenvalue weighted by Crippen LogP contribution is 2.35. The van der Waals surface area contributed by atoms with Crippen molar-refractivity contribution < 1.29 is 0 Å². The first-order valence-corrected chi connectivity index (χ1v) is 5.46. The Bertz CT molecular complexity index is 328. The van der Waals surface area contributed by atoms with Crippen LogP contribution in [0.4, 0.5) is 5.69 Å². The third kappa shape index (κ3) is 1.77. The average molecular weight is 189 g/mol. The van der Waals surface area contributed by atoms with Gasteiger partial charge in [0.1, 0.15) is 0 Å². The van der Waals surface area contributed by atoms with E-state index in [2.05, 4.69) is 50.4 Å². The molecular weight excluding hydrogens is 170 g/mol. The minimum Gasteiger partial charge on any atom is -0.380 e. The molecule has 0 aliphatic carbocycles. The maximum Gasteiger partial charge on any atom is 0.0379 e. The lowest BCUT2D eigenvalue weighted by Gasteiger charge is -2.25. The van der Waals surface area contributed by atoms with Crippen LogP contribution >= 0.6 is 0 Å². The number of fused-ring (bicyclic) bond motifs is 1. The van der Waals surface area contributed by atoms with Gasteiger partial charge < -0.3 is 5.32 Å². The van der Waals surface area contributed by atoms with Gasteiger partial charge in [-0.3, -0.25) is 0 Å². The molecule has 0 spiro atoms. The molecule has 0 saturated carbocycles. The van der Waals surface area contributed by atoms with Crippen LogP contribution in [0.5, 0.6) is 0 Å². The lowest BCUT2D eigenvalue weighted by atomic mass is 9.92. The lowest BCUT2D eigenvalue weighted by molar-refractivity contribution is 0.486. The normalized spacial score (nSPS) is 24.6. The number of benzene rings is 1. The van der Waals surface area contributed by atoms with Gasteiger partial charge in [-0.05, 0) is 44.2 Å². The van der Waals surface area contributed by atoms with Gasteiger partial charge in [-0.25, -0.2) is 0 Å². The van der Waals surface area contributed by atoms with Crippen molar-refractivity contribution in [3.05, 3.63) is 29.8 Å². The summed E-state index contributed by atoms with van der Waals surface area (Å²) in [5.74, 6) is 0.681. The zero-order valence-corrected chi connectivity index (χ0v) is 9.30. The number of hydrogen-bond acceptors (Lipinski definition) is 1. The summed E-state index contributed by atoms with van der Waals surface area (Å²) < 4.78 is 0. The number of rotatable bonds is 0. The number of para-hydroxylation sites is 1. The highest BCUT2D eigenvalue weighted by Gasteiger charge is 2.24. The molecule has 0 radical (unpaired) electrons. The predicted octanol–water partition coefficient (Wildman–Crippen LogP) is 3.77. The molecule has 0 fully saturated rings. The van der Waals surface area contributed by atoms with Crippen molar-refractivity contribution in [2.45, 2.75) is 45.1 Å². The maximum absolute atomic E-state index is 3.63. The van der Waals surface area contributed by atoms with E-state index >= 15 is 0 Å². The Kier molecular flexibility index (Phi) is 2.26. The summed E-state index contributed by atoms with van der Waals surface area (Å²) in [5.41, 5.74) is 3.03. The number of hydrogen-bond donors (Lipinski definition) is 1. The van der Waals surface area contributed by atoms with E-state index in [0.717, 1.165) is 0 Å². The quantitative estimate of drug-likeness (QED) is 0.655. The summed E-state index contributed by atoms with van der Waals surface area (Å²) >= 11 is 0. The largest absolute Gasteiger partial charge is 0.380 e. The molecule has 1 aliphatic heterocycles. The van der Waals surface area contributed by atoms with Crippen LogP contribution in [0.25, 0.3) is 0 Å². The van der Waals surface area contributed by atoms with Crippen molar-refractivity contribution >= 4 is 5.69 Å². The first-order chi connectivity index (χ1) is 6.58. The molecule has 1 heteroatoms. The van der Waals surface area contributed by atoms with Gasteiger partial charge in [0.05, 0.1) is 0 Å². The molecule has 1 unspecified atom stereocenters. The molecule has 1 aliphatic rings.